The Labute approximate surface area is 205 Å². The van der Waals surface area contributed by atoms with Gasteiger partial charge in [-0.2, -0.15) is 0 Å². The highest BCUT2D eigenvalue weighted by Gasteiger charge is 2.28. The smallest absolute Gasteiger partial charge is 0.410 e. The highest BCUT2D eigenvalue weighted by atomic mass is 79.9. The maximum absolute atomic E-state index is 14.7. The summed E-state index contributed by atoms with van der Waals surface area (Å²) in [6.07, 6.45) is 1.41. The van der Waals surface area contributed by atoms with Gasteiger partial charge in [-0.25, -0.2) is 14.2 Å². The fourth-order valence-corrected chi connectivity index (χ4v) is 4.73. The van der Waals surface area contributed by atoms with Crippen LogP contribution in [0.1, 0.15) is 20.8 Å². The quantitative estimate of drug-likeness (QED) is 0.432. The molecule has 0 radical (unpaired) electrons. The van der Waals surface area contributed by atoms with Crippen LogP contribution in [0.5, 0.6) is 5.75 Å². The third-order valence-electron chi connectivity index (χ3n) is 5.34. The van der Waals surface area contributed by atoms with E-state index in [2.05, 4.69) is 25.8 Å². The van der Waals surface area contributed by atoms with Gasteiger partial charge in [0.25, 0.3) is 0 Å². The second-order valence-electron chi connectivity index (χ2n) is 8.76. The number of benzene rings is 1. The van der Waals surface area contributed by atoms with Crippen molar-refractivity contribution in [1.29, 1.82) is 0 Å². The van der Waals surface area contributed by atoms with Crippen LogP contribution in [0.3, 0.4) is 0 Å². The first kappa shape index (κ1) is 23.6. The molecule has 0 spiro atoms. The van der Waals surface area contributed by atoms with Gasteiger partial charge in [0.2, 0.25) is 0 Å². The Morgan fingerprint density at radius 1 is 1.21 bits per heavy atom. The monoisotopic (exact) mass is 538 g/mol. The molecule has 176 valence electrons. The molecule has 1 aromatic carbocycles. The van der Waals surface area contributed by atoms with E-state index in [0.29, 0.717) is 58.3 Å². The minimum Gasteiger partial charge on any atom is -0.496 e. The number of anilines is 1. The molecule has 3 aromatic rings. The van der Waals surface area contributed by atoms with Crippen molar-refractivity contribution >= 4 is 45.1 Å². The minimum absolute atomic E-state index is 0.291. The number of aromatic nitrogens is 2. The molecule has 0 atom stereocenters. The number of imidazole rings is 1. The molecule has 3 heterocycles. The number of hydrogen-bond donors (Lipinski definition) is 0. The second kappa shape index (κ2) is 9.02. The molecule has 1 saturated heterocycles. The Morgan fingerprint density at radius 3 is 2.55 bits per heavy atom. The highest BCUT2D eigenvalue weighted by molar-refractivity contribution is 9.10. The number of hydrogen-bond acceptors (Lipinski definition) is 5. The summed E-state index contributed by atoms with van der Waals surface area (Å²) in [5, 5.41) is 0.365. The fraction of sp³-hybridized carbons (Fsp3) is 0.391. The van der Waals surface area contributed by atoms with Crippen LogP contribution in [0.4, 0.5) is 15.0 Å². The second-order valence-corrected chi connectivity index (χ2v) is 9.92. The van der Waals surface area contributed by atoms with Crippen LogP contribution in [-0.2, 0) is 4.74 Å². The average Bonchev–Trinajstić information content (AvgIpc) is 3.06. The molecule has 7 nitrogen and oxygen atoms in total. The van der Waals surface area contributed by atoms with Crippen LogP contribution < -0.4 is 9.64 Å². The lowest BCUT2D eigenvalue weighted by molar-refractivity contribution is 0.0240. The average molecular weight is 540 g/mol. The molecule has 0 unspecified atom stereocenters. The lowest BCUT2D eigenvalue weighted by Gasteiger charge is -2.36. The first-order chi connectivity index (χ1) is 15.6. The van der Waals surface area contributed by atoms with Gasteiger partial charge in [-0.05, 0) is 54.9 Å². The number of amides is 1. The van der Waals surface area contributed by atoms with Gasteiger partial charge >= 0.3 is 6.09 Å². The van der Waals surface area contributed by atoms with Crippen LogP contribution in [0, 0.1) is 5.82 Å². The molecular weight excluding hydrogens is 515 g/mol. The number of halogens is 3. The van der Waals surface area contributed by atoms with E-state index < -0.39 is 11.4 Å². The summed E-state index contributed by atoms with van der Waals surface area (Å²) >= 11 is 10.2. The van der Waals surface area contributed by atoms with Crippen molar-refractivity contribution in [3.8, 4) is 16.9 Å². The molecule has 4 rings (SSSR count). The first-order valence-electron chi connectivity index (χ1n) is 10.5. The zero-order chi connectivity index (χ0) is 23.9. The minimum atomic E-state index is -0.533. The van der Waals surface area contributed by atoms with E-state index >= 15 is 0 Å². The van der Waals surface area contributed by atoms with Crippen LogP contribution >= 0.6 is 27.5 Å². The number of fused-ring (bicyclic) bond motifs is 1. The largest absolute Gasteiger partial charge is 0.496 e. The van der Waals surface area contributed by atoms with Gasteiger partial charge in [-0.3, -0.25) is 4.40 Å². The maximum Gasteiger partial charge on any atom is 0.410 e. The van der Waals surface area contributed by atoms with Crippen LogP contribution in [0.25, 0.3) is 16.8 Å². The van der Waals surface area contributed by atoms with Gasteiger partial charge in [0.15, 0.2) is 0 Å². The third kappa shape index (κ3) is 4.75. The van der Waals surface area contributed by atoms with E-state index in [1.807, 2.05) is 25.2 Å². The first-order valence-corrected chi connectivity index (χ1v) is 11.7. The van der Waals surface area contributed by atoms with Gasteiger partial charge in [-0.15, -0.1) is 0 Å². The Hall–Kier alpha value is -2.52. The Kier molecular flexibility index (Phi) is 6.46. The number of rotatable bonds is 3. The van der Waals surface area contributed by atoms with Crippen molar-refractivity contribution in [2.45, 2.75) is 26.4 Å². The van der Waals surface area contributed by atoms with Crippen LogP contribution in [0.15, 0.2) is 35.1 Å². The van der Waals surface area contributed by atoms with Gasteiger partial charge in [0.05, 0.1) is 17.7 Å². The van der Waals surface area contributed by atoms with Crippen LogP contribution in [-0.4, -0.2) is 59.3 Å². The predicted molar refractivity (Wildman–Crippen MR) is 130 cm³/mol. The summed E-state index contributed by atoms with van der Waals surface area (Å²) in [5.41, 5.74) is 0.863. The number of carbonyl (C=O) groups is 1. The summed E-state index contributed by atoms with van der Waals surface area (Å²) in [4.78, 5) is 20.8. The molecule has 0 saturated carbocycles. The Balaban J connectivity index is 1.63. The molecule has 1 fully saturated rings. The normalized spacial score (nSPS) is 14.6. The molecule has 0 bridgehead atoms. The molecule has 1 aliphatic rings. The summed E-state index contributed by atoms with van der Waals surface area (Å²) in [7, 11) is 1.49. The zero-order valence-electron chi connectivity index (χ0n) is 18.9. The van der Waals surface area contributed by atoms with Crippen molar-refractivity contribution in [3.63, 3.8) is 0 Å². The lowest BCUT2D eigenvalue weighted by atomic mass is 10.0. The molecule has 1 amide bonds. The van der Waals surface area contributed by atoms with E-state index in [1.54, 1.807) is 29.3 Å². The van der Waals surface area contributed by atoms with Gasteiger partial charge < -0.3 is 19.3 Å². The predicted octanol–water partition coefficient (Wildman–Crippen LogP) is 5.62. The highest BCUT2D eigenvalue weighted by Crippen LogP contribution is 2.39. The summed E-state index contributed by atoms with van der Waals surface area (Å²) < 4.78 is 28.0. The number of methoxy groups -OCH3 is 1. The molecular formula is C23H25BrClFN4O3. The van der Waals surface area contributed by atoms with Crippen molar-refractivity contribution in [2.75, 3.05) is 38.2 Å². The summed E-state index contributed by atoms with van der Waals surface area (Å²) in [6, 6.07) is 6.39. The zero-order valence-corrected chi connectivity index (χ0v) is 21.2. The van der Waals surface area contributed by atoms with E-state index in [-0.39, 0.29) is 6.09 Å². The SMILES string of the molecule is COc1cccc(F)c1-c1cc2nc(Br)c(N3CCN(C(=O)OC(C)(C)C)CC3)n2cc1Cl. The van der Waals surface area contributed by atoms with Crippen LogP contribution in [0.2, 0.25) is 5.02 Å². The van der Waals surface area contributed by atoms with Gasteiger partial charge in [0, 0.05) is 37.9 Å². The number of nitrogens with zero attached hydrogens (tertiary/aromatic N) is 4. The van der Waals surface area contributed by atoms with Crippen molar-refractivity contribution in [2.24, 2.45) is 0 Å². The number of piperazine rings is 1. The van der Waals surface area contributed by atoms with E-state index in [9.17, 15) is 9.18 Å². The Morgan fingerprint density at radius 2 is 1.91 bits per heavy atom. The Bertz CT molecular complexity index is 1200. The maximum atomic E-state index is 14.7. The number of pyridine rings is 1. The topological polar surface area (TPSA) is 59.3 Å². The molecule has 33 heavy (non-hydrogen) atoms. The molecule has 1 aliphatic heterocycles. The fourth-order valence-electron chi connectivity index (χ4n) is 3.86. The van der Waals surface area contributed by atoms with Crippen molar-refractivity contribution in [1.82, 2.24) is 14.3 Å². The standard InChI is InChI=1S/C23H25BrClFN4O3/c1-23(2,3)33-22(31)29-10-8-28(9-11-29)21-20(24)27-18-12-14(15(25)13-30(18)21)19-16(26)6-5-7-17(19)32-4/h5-7,12-13H,8-11H2,1-4H3. The van der Waals surface area contributed by atoms with E-state index in [4.69, 9.17) is 21.1 Å². The number of ether oxygens (including phenoxy) is 2. The van der Waals surface area contributed by atoms with E-state index in [1.165, 1.54) is 13.2 Å². The van der Waals surface area contributed by atoms with Gasteiger partial charge in [-0.1, -0.05) is 17.7 Å². The molecule has 0 N–H and O–H groups in total. The lowest BCUT2D eigenvalue weighted by Crippen LogP contribution is -2.50. The van der Waals surface area contributed by atoms with Gasteiger partial charge in [0.1, 0.15) is 33.2 Å². The molecule has 2 aromatic heterocycles. The summed E-state index contributed by atoms with van der Waals surface area (Å²) in [6.45, 7) is 7.81. The summed E-state index contributed by atoms with van der Waals surface area (Å²) in [5.74, 6) is 0.790. The van der Waals surface area contributed by atoms with Crippen molar-refractivity contribution in [3.05, 3.63) is 45.9 Å². The molecule has 10 heteroatoms. The number of carbonyl (C=O) groups excluding carboxylic acids is 1. The van der Waals surface area contributed by atoms with E-state index in [0.717, 1.165) is 5.82 Å². The van der Waals surface area contributed by atoms with Crippen molar-refractivity contribution < 1.29 is 18.7 Å². The third-order valence-corrected chi connectivity index (χ3v) is 6.17. The molecule has 0 aliphatic carbocycles.